The van der Waals surface area contributed by atoms with Gasteiger partial charge in [0.2, 0.25) is 5.91 Å². The number of benzene rings is 1. The van der Waals surface area contributed by atoms with Gasteiger partial charge in [-0.2, -0.15) is 0 Å². The van der Waals surface area contributed by atoms with E-state index in [0.29, 0.717) is 24.5 Å². The number of carboxylic acid groups (broad SMARTS) is 1. The zero-order valence-corrected chi connectivity index (χ0v) is 14.8. The third-order valence-electron chi connectivity index (χ3n) is 4.05. The van der Waals surface area contributed by atoms with Crippen molar-refractivity contribution in [2.24, 2.45) is 0 Å². The number of fused-ring (bicyclic) bond motifs is 1. The summed E-state index contributed by atoms with van der Waals surface area (Å²) in [5.41, 5.74) is 0.366. The van der Waals surface area contributed by atoms with E-state index < -0.39 is 12.1 Å². The summed E-state index contributed by atoms with van der Waals surface area (Å²) in [5.74, 6) is -1.20. The van der Waals surface area contributed by atoms with Crippen LogP contribution in [0.5, 0.6) is 5.75 Å². The van der Waals surface area contributed by atoms with Gasteiger partial charge in [0.1, 0.15) is 12.3 Å². The summed E-state index contributed by atoms with van der Waals surface area (Å²) in [7, 11) is 0. The van der Waals surface area contributed by atoms with Crippen LogP contribution in [0, 0.1) is 0 Å². The second-order valence-electron chi connectivity index (χ2n) is 6.05. The smallest absolute Gasteiger partial charge is 0.335 e. The van der Waals surface area contributed by atoms with E-state index in [1.165, 1.54) is 23.1 Å². The minimum absolute atomic E-state index is 0.0427. The van der Waals surface area contributed by atoms with E-state index in [9.17, 15) is 19.5 Å². The van der Waals surface area contributed by atoms with Crippen molar-refractivity contribution in [3.63, 3.8) is 0 Å². The topological polar surface area (TPSA) is 87.2 Å². The molecule has 1 N–H and O–H groups in total. The number of hydrogen-bond donors (Lipinski definition) is 1. The van der Waals surface area contributed by atoms with Crippen LogP contribution >= 0.6 is 0 Å². The third kappa shape index (κ3) is 4.10. The molecule has 0 radical (unpaired) electrons. The number of anilines is 1. The van der Waals surface area contributed by atoms with Crippen molar-refractivity contribution in [2.75, 3.05) is 24.5 Å². The molecule has 7 nitrogen and oxygen atoms in total. The molecule has 136 valence electrons. The lowest BCUT2D eigenvalue weighted by Crippen LogP contribution is -2.49. The Morgan fingerprint density at radius 3 is 2.44 bits per heavy atom. The molecule has 0 fully saturated rings. The minimum atomic E-state index is -1.10. The lowest BCUT2D eigenvalue weighted by molar-refractivity contribution is -0.133. The monoisotopic (exact) mass is 348 g/mol. The Morgan fingerprint density at radius 1 is 1.24 bits per heavy atom. The molecular formula is C18H24N2O5. The Balaban J connectivity index is 2.32. The normalized spacial score (nSPS) is 16.2. The molecule has 1 unspecified atom stereocenters. The number of carbonyl (C=O) groups excluding carboxylic acids is 2. The molecular weight excluding hydrogens is 324 g/mol. The summed E-state index contributed by atoms with van der Waals surface area (Å²) in [4.78, 5) is 39.5. The number of carboxylic acids is 1. The molecule has 0 saturated heterocycles. The quantitative estimate of drug-likeness (QED) is 0.816. The average molecular weight is 348 g/mol. The SMILES string of the molecule is CCCN(CCC)C(=O)CN1C(=O)C(C)Oc2ccc(C(=O)O)cc21. The number of hydrogen-bond acceptors (Lipinski definition) is 4. The van der Waals surface area contributed by atoms with E-state index in [1.54, 1.807) is 11.8 Å². The van der Waals surface area contributed by atoms with Crippen LogP contribution in [0.4, 0.5) is 5.69 Å². The van der Waals surface area contributed by atoms with Crippen molar-refractivity contribution in [3.05, 3.63) is 23.8 Å². The van der Waals surface area contributed by atoms with Crippen molar-refractivity contribution in [1.29, 1.82) is 0 Å². The highest BCUT2D eigenvalue weighted by atomic mass is 16.5. The van der Waals surface area contributed by atoms with E-state index >= 15 is 0 Å². The highest BCUT2D eigenvalue weighted by molar-refractivity contribution is 6.04. The van der Waals surface area contributed by atoms with Crippen molar-refractivity contribution < 1.29 is 24.2 Å². The molecule has 1 aromatic carbocycles. The van der Waals surface area contributed by atoms with E-state index in [0.717, 1.165) is 12.8 Å². The van der Waals surface area contributed by atoms with Crippen LogP contribution in [-0.4, -0.2) is 53.5 Å². The first-order valence-electron chi connectivity index (χ1n) is 8.52. The number of ether oxygens (including phenoxy) is 1. The molecule has 7 heteroatoms. The summed E-state index contributed by atoms with van der Waals surface area (Å²) in [6, 6.07) is 4.32. The van der Waals surface area contributed by atoms with Gasteiger partial charge >= 0.3 is 5.97 Å². The average Bonchev–Trinajstić information content (AvgIpc) is 2.58. The second-order valence-corrected chi connectivity index (χ2v) is 6.05. The van der Waals surface area contributed by atoms with Gasteiger partial charge in [-0.15, -0.1) is 0 Å². The highest BCUT2D eigenvalue weighted by Crippen LogP contribution is 2.35. The van der Waals surface area contributed by atoms with Crippen LogP contribution < -0.4 is 9.64 Å². The van der Waals surface area contributed by atoms with Gasteiger partial charge in [-0.1, -0.05) is 13.8 Å². The Morgan fingerprint density at radius 2 is 1.88 bits per heavy atom. The summed E-state index contributed by atoms with van der Waals surface area (Å²) in [6.45, 7) is 6.73. The van der Waals surface area contributed by atoms with Gasteiger partial charge in [-0.3, -0.25) is 14.5 Å². The second kappa shape index (κ2) is 8.00. The number of rotatable bonds is 7. The van der Waals surface area contributed by atoms with Crippen molar-refractivity contribution in [2.45, 2.75) is 39.7 Å². The maximum atomic E-state index is 12.6. The van der Waals surface area contributed by atoms with E-state index in [-0.39, 0.29) is 23.9 Å². The molecule has 1 heterocycles. The molecule has 2 rings (SSSR count). The number of amides is 2. The summed E-state index contributed by atoms with van der Waals surface area (Å²) < 4.78 is 5.54. The largest absolute Gasteiger partial charge is 0.479 e. The van der Waals surface area contributed by atoms with Gasteiger partial charge in [0.05, 0.1) is 11.3 Å². The number of carbonyl (C=O) groups is 3. The fourth-order valence-corrected chi connectivity index (χ4v) is 2.84. The number of aromatic carboxylic acids is 1. The van der Waals surface area contributed by atoms with Gasteiger partial charge in [0.25, 0.3) is 5.91 Å². The fraction of sp³-hybridized carbons (Fsp3) is 0.500. The van der Waals surface area contributed by atoms with Gasteiger partial charge in [-0.25, -0.2) is 4.79 Å². The first-order valence-corrected chi connectivity index (χ1v) is 8.52. The maximum Gasteiger partial charge on any atom is 0.335 e. The Labute approximate surface area is 147 Å². The predicted molar refractivity (Wildman–Crippen MR) is 93.0 cm³/mol. The molecule has 1 atom stereocenters. The molecule has 0 bridgehead atoms. The van der Waals surface area contributed by atoms with Gasteiger partial charge < -0.3 is 14.7 Å². The first-order chi connectivity index (χ1) is 11.9. The van der Waals surface area contributed by atoms with Gasteiger partial charge in [0.15, 0.2) is 6.10 Å². The predicted octanol–water partition coefficient (Wildman–Crippen LogP) is 2.15. The minimum Gasteiger partial charge on any atom is -0.479 e. The van der Waals surface area contributed by atoms with Crippen molar-refractivity contribution in [3.8, 4) is 5.75 Å². The molecule has 2 amide bonds. The van der Waals surface area contributed by atoms with E-state index in [2.05, 4.69) is 0 Å². The van der Waals surface area contributed by atoms with E-state index in [4.69, 9.17) is 4.74 Å². The van der Waals surface area contributed by atoms with Crippen LogP contribution in [0.3, 0.4) is 0 Å². The highest BCUT2D eigenvalue weighted by Gasteiger charge is 2.34. The summed E-state index contributed by atoms with van der Waals surface area (Å²) in [5, 5.41) is 9.18. The van der Waals surface area contributed by atoms with Gasteiger partial charge in [0, 0.05) is 13.1 Å². The first kappa shape index (κ1) is 18.8. The lowest BCUT2D eigenvalue weighted by atomic mass is 10.1. The zero-order chi connectivity index (χ0) is 18.6. The molecule has 0 spiro atoms. The zero-order valence-electron chi connectivity index (χ0n) is 14.8. The Kier molecular flexibility index (Phi) is 6.01. The van der Waals surface area contributed by atoms with Gasteiger partial charge in [-0.05, 0) is 38.0 Å². The third-order valence-corrected chi connectivity index (χ3v) is 4.05. The Bertz CT molecular complexity index is 667. The standard InChI is InChI=1S/C18H24N2O5/c1-4-8-19(9-5-2)16(21)11-20-14-10-13(18(23)24)6-7-15(14)25-12(3)17(20)22/h6-7,10,12H,4-5,8-9,11H2,1-3H3,(H,23,24). The number of nitrogens with zero attached hydrogens (tertiary/aromatic N) is 2. The van der Waals surface area contributed by atoms with Crippen LogP contribution in [-0.2, 0) is 9.59 Å². The molecule has 1 aromatic rings. The fourth-order valence-electron chi connectivity index (χ4n) is 2.84. The molecule has 0 aromatic heterocycles. The van der Waals surface area contributed by atoms with Crippen molar-refractivity contribution in [1.82, 2.24) is 4.90 Å². The van der Waals surface area contributed by atoms with Crippen molar-refractivity contribution >= 4 is 23.5 Å². The van der Waals surface area contributed by atoms with Crippen LogP contribution in [0.1, 0.15) is 44.0 Å². The molecule has 25 heavy (non-hydrogen) atoms. The molecule has 0 saturated carbocycles. The van der Waals surface area contributed by atoms with Crippen LogP contribution in [0.2, 0.25) is 0 Å². The molecule has 1 aliphatic rings. The molecule has 1 aliphatic heterocycles. The van der Waals surface area contributed by atoms with Crippen LogP contribution in [0.15, 0.2) is 18.2 Å². The summed E-state index contributed by atoms with van der Waals surface area (Å²) in [6.07, 6.45) is 0.944. The Hall–Kier alpha value is -2.57. The maximum absolute atomic E-state index is 12.6. The lowest BCUT2D eigenvalue weighted by Gasteiger charge is -2.34. The van der Waals surface area contributed by atoms with Crippen LogP contribution in [0.25, 0.3) is 0 Å². The van der Waals surface area contributed by atoms with E-state index in [1.807, 2.05) is 13.8 Å². The summed E-state index contributed by atoms with van der Waals surface area (Å²) >= 11 is 0. The molecule has 0 aliphatic carbocycles.